The molecule has 0 radical (unpaired) electrons. The highest BCUT2D eigenvalue weighted by atomic mass is 32.2. The molecule has 0 heterocycles. The maximum absolute atomic E-state index is 5.41. The van der Waals surface area contributed by atoms with Gasteiger partial charge < -0.3 is 4.74 Å². The summed E-state index contributed by atoms with van der Waals surface area (Å²) in [7, 11) is 0. The first-order valence-electron chi connectivity index (χ1n) is 5.01. The number of ether oxygens (including phenoxy) is 1. The van der Waals surface area contributed by atoms with Crippen LogP contribution in [0.25, 0.3) is 0 Å². The van der Waals surface area contributed by atoms with Crippen molar-refractivity contribution in [1.82, 2.24) is 0 Å². The van der Waals surface area contributed by atoms with E-state index in [4.69, 9.17) is 4.74 Å². The van der Waals surface area contributed by atoms with Gasteiger partial charge in [-0.05, 0) is 17.4 Å². The lowest BCUT2D eigenvalue weighted by molar-refractivity contribution is 0.0823. The third-order valence-corrected chi connectivity index (χ3v) is 2.45. The van der Waals surface area contributed by atoms with Gasteiger partial charge in [0.2, 0.25) is 0 Å². The van der Waals surface area contributed by atoms with Crippen molar-refractivity contribution in [2.24, 2.45) is 5.41 Å². The molecule has 0 aliphatic carbocycles. The van der Waals surface area contributed by atoms with E-state index in [9.17, 15) is 0 Å². The van der Waals surface area contributed by atoms with Gasteiger partial charge in [0.1, 0.15) is 4.77 Å². The molecule has 84 valence electrons. The molecule has 0 aliphatic heterocycles. The second kappa shape index (κ2) is 5.83. The standard InChI is InChI=1S/C12H18OS2/c1-12(2,9-13-11(14)15)8-10-6-4-3-5-7-10/h3-7,11,14-15H,8-9H2,1-2H3. The third-order valence-electron chi connectivity index (χ3n) is 2.15. The molecule has 1 rings (SSSR count). The van der Waals surface area contributed by atoms with Gasteiger partial charge >= 0.3 is 0 Å². The minimum absolute atomic E-state index is 0.116. The Kier molecular flexibility index (Phi) is 5.03. The van der Waals surface area contributed by atoms with Gasteiger partial charge in [-0.15, -0.1) is 25.3 Å². The number of benzene rings is 1. The first kappa shape index (κ1) is 12.9. The molecule has 0 aliphatic rings. The zero-order valence-corrected chi connectivity index (χ0v) is 11.0. The van der Waals surface area contributed by atoms with E-state index in [1.54, 1.807) is 0 Å². The predicted octanol–water partition coefficient (Wildman–Crippen LogP) is 3.42. The van der Waals surface area contributed by atoms with Crippen molar-refractivity contribution in [1.29, 1.82) is 0 Å². The van der Waals surface area contributed by atoms with Crippen LogP contribution in [-0.2, 0) is 11.2 Å². The topological polar surface area (TPSA) is 9.23 Å². The van der Waals surface area contributed by atoms with Gasteiger partial charge in [0.05, 0.1) is 6.61 Å². The quantitative estimate of drug-likeness (QED) is 0.594. The first-order chi connectivity index (χ1) is 6.99. The van der Waals surface area contributed by atoms with Crippen molar-refractivity contribution in [3.05, 3.63) is 35.9 Å². The molecule has 0 aromatic heterocycles. The molecule has 1 aromatic rings. The average Bonchev–Trinajstić information content (AvgIpc) is 2.16. The summed E-state index contributed by atoms with van der Waals surface area (Å²) >= 11 is 8.16. The molecule has 15 heavy (non-hydrogen) atoms. The van der Waals surface area contributed by atoms with Crippen molar-refractivity contribution >= 4 is 25.3 Å². The Balaban J connectivity index is 2.49. The lowest BCUT2D eigenvalue weighted by Crippen LogP contribution is -2.23. The van der Waals surface area contributed by atoms with Gasteiger partial charge in [-0.1, -0.05) is 44.2 Å². The lowest BCUT2D eigenvalue weighted by atomic mass is 9.87. The SMILES string of the molecule is CC(C)(COC(S)S)Cc1ccccc1. The fourth-order valence-electron chi connectivity index (χ4n) is 1.50. The van der Waals surface area contributed by atoms with Crippen LogP contribution in [0.3, 0.4) is 0 Å². The smallest absolute Gasteiger partial charge is 0.144 e. The van der Waals surface area contributed by atoms with Crippen LogP contribution < -0.4 is 0 Å². The van der Waals surface area contributed by atoms with E-state index in [2.05, 4.69) is 63.4 Å². The van der Waals surface area contributed by atoms with Gasteiger partial charge in [0.25, 0.3) is 0 Å². The van der Waals surface area contributed by atoms with Crippen molar-refractivity contribution in [3.8, 4) is 0 Å². The van der Waals surface area contributed by atoms with E-state index < -0.39 is 0 Å². The Hall–Kier alpha value is -0.120. The maximum Gasteiger partial charge on any atom is 0.144 e. The summed E-state index contributed by atoms with van der Waals surface area (Å²) in [5.41, 5.74) is 1.45. The summed E-state index contributed by atoms with van der Waals surface area (Å²) < 4.78 is 5.12. The second-order valence-corrected chi connectivity index (χ2v) is 5.81. The van der Waals surface area contributed by atoms with E-state index >= 15 is 0 Å². The van der Waals surface area contributed by atoms with Crippen LogP contribution in [0, 0.1) is 5.41 Å². The highest BCUT2D eigenvalue weighted by molar-refractivity contribution is 7.98. The fraction of sp³-hybridized carbons (Fsp3) is 0.500. The zero-order chi connectivity index (χ0) is 11.3. The highest BCUT2D eigenvalue weighted by Gasteiger charge is 2.19. The van der Waals surface area contributed by atoms with Crippen LogP contribution in [0.2, 0.25) is 0 Å². The van der Waals surface area contributed by atoms with Crippen LogP contribution in [0.5, 0.6) is 0 Å². The maximum atomic E-state index is 5.41. The molecule has 0 unspecified atom stereocenters. The van der Waals surface area contributed by atoms with Gasteiger partial charge in [0.15, 0.2) is 0 Å². The van der Waals surface area contributed by atoms with Gasteiger partial charge in [-0.25, -0.2) is 0 Å². The molecule has 3 heteroatoms. The van der Waals surface area contributed by atoms with E-state index in [-0.39, 0.29) is 10.2 Å². The van der Waals surface area contributed by atoms with Crippen LogP contribution in [0.1, 0.15) is 19.4 Å². The minimum Gasteiger partial charge on any atom is -0.358 e. The molecule has 0 fully saturated rings. The molecule has 0 bridgehead atoms. The largest absolute Gasteiger partial charge is 0.358 e. The summed E-state index contributed by atoms with van der Waals surface area (Å²) in [6.07, 6.45) is 1.00. The van der Waals surface area contributed by atoms with Gasteiger partial charge in [-0.2, -0.15) is 0 Å². The highest BCUT2D eigenvalue weighted by Crippen LogP contribution is 2.23. The van der Waals surface area contributed by atoms with E-state index in [0.717, 1.165) is 6.42 Å². The molecule has 1 nitrogen and oxygen atoms in total. The molecular formula is C12H18OS2. The summed E-state index contributed by atoms with van der Waals surface area (Å²) in [5.74, 6) is 0. The Morgan fingerprint density at radius 2 is 1.80 bits per heavy atom. The second-order valence-electron chi connectivity index (χ2n) is 4.46. The minimum atomic E-state index is -0.292. The van der Waals surface area contributed by atoms with Crippen molar-refractivity contribution < 1.29 is 4.74 Å². The van der Waals surface area contributed by atoms with Crippen LogP contribution in [0.15, 0.2) is 30.3 Å². The summed E-state index contributed by atoms with van der Waals surface area (Å²) in [6, 6.07) is 10.4. The zero-order valence-electron chi connectivity index (χ0n) is 9.18. The molecule has 0 amide bonds. The molecule has 0 N–H and O–H groups in total. The molecule has 0 spiro atoms. The average molecular weight is 242 g/mol. The van der Waals surface area contributed by atoms with Gasteiger partial charge in [-0.3, -0.25) is 0 Å². The number of thiol groups is 2. The summed E-state index contributed by atoms with van der Waals surface area (Å²) in [5, 5.41) is 0. The van der Waals surface area contributed by atoms with Gasteiger partial charge in [0, 0.05) is 0 Å². The summed E-state index contributed by atoms with van der Waals surface area (Å²) in [4.78, 5) is 0. The van der Waals surface area contributed by atoms with Crippen molar-refractivity contribution in [2.75, 3.05) is 6.61 Å². The predicted molar refractivity (Wildman–Crippen MR) is 71.6 cm³/mol. The Morgan fingerprint density at radius 3 is 2.33 bits per heavy atom. The third kappa shape index (κ3) is 5.50. The van der Waals surface area contributed by atoms with Crippen molar-refractivity contribution in [3.63, 3.8) is 0 Å². The van der Waals surface area contributed by atoms with Crippen molar-refractivity contribution in [2.45, 2.75) is 25.0 Å². The molecule has 0 saturated heterocycles. The normalized spacial score (nSPS) is 12.1. The van der Waals surface area contributed by atoms with E-state index in [1.165, 1.54) is 5.56 Å². The van der Waals surface area contributed by atoms with E-state index in [0.29, 0.717) is 6.61 Å². The van der Waals surface area contributed by atoms with E-state index in [1.807, 2.05) is 6.07 Å². The number of rotatable bonds is 5. The monoisotopic (exact) mass is 242 g/mol. The summed E-state index contributed by atoms with van der Waals surface area (Å²) in [6.45, 7) is 5.04. The first-order valence-corrected chi connectivity index (χ1v) is 6.04. The Labute approximate surface area is 103 Å². The number of hydrogen-bond donors (Lipinski definition) is 2. The Bertz CT molecular complexity index is 283. The Morgan fingerprint density at radius 1 is 1.20 bits per heavy atom. The van der Waals surface area contributed by atoms with Crippen LogP contribution >= 0.6 is 25.3 Å². The molecule has 0 atom stereocenters. The number of hydrogen-bond acceptors (Lipinski definition) is 3. The molecule has 0 saturated carbocycles. The molecular weight excluding hydrogens is 224 g/mol. The van der Waals surface area contributed by atoms with Crippen LogP contribution in [0.4, 0.5) is 0 Å². The van der Waals surface area contributed by atoms with Crippen LogP contribution in [-0.4, -0.2) is 11.4 Å². The molecule has 1 aromatic carbocycles. The lowest BCUT2D eigenvalue weighted by Gasteiger charge is -2.25. The fourth-order valence-corrected chi connectivity index (χ4v) is 1.65.